The number of unbranched alkanes of at least 4 members (excludes halogenated alkanes) is 1. The van der Waals surface area contributed by atoms with Crippen LogP contribution in [0.25, 0.3) is 0 Å². The average Bonchev–Trinajstić information content (AvgIpc) is 1.41. The average molecular weight is 75.2 g/mol. The number of rotatable bonds is 2. The third-order valence-electron chi connectivity index (χ3n) is 0.558. The molecule has 0 amide bonds. The molecule has 2 N–H and O–H groups in total. The van der Waals surface area contributed by atoms with Crippen LogP contribution < -0.4 is 5.73 Å². The molecule has 0 aliphatic heterocycles. The summed E-state index contributed by atoms with van der Waals surface area (Å²) in [6.07, 6.45) is 2.39. The van der Waals surface area contributed by atoms with Crippen molar-refractivity contribution in [1.82, 2.24) is 0 Å². The van der Waals surface area contributed by atoms with E-state index < -0.39 is 0 Å². The van der Waals surface area contributed by atoms with Crippen LogP contribution in [0.15, 0.2) is 0 Å². The van der Waals surface area contributed by atoms with Gasteiger partial charge in [-0.15, -0.1) is 0 Å². The maximum atomic E-state index is 5.14. The van der Waals surface area contributed by atoms with Gasteiger partial charge >= 0.3 is 2.85 Å². The monoisotopic (exact) mass is 75.1 g/mol. The first-order chi connectivity index (χ1) is 2.41. The maximum absolute atomic E-state index is 5.14. The molecule has 5 heavy (non-hydrogen) atoms. The Hall–Kier alpha value is -0.0400. The summed E-state index contributed by atoms with van der Waals surface area (Å²) in [5, 5.41) is 0. The Morgan fingerprint density at radius 2 is 2.40 bits per heavy atom. The fourth-order valence-electron chi connectivity index (χ4n) is 0.204. The Balaban J connectivity index is -0.0000000800. The van der Waals surface area contributed by atoms with Crippen LogP contribution in [-0.2, 0) is 0 Å². The second-order valence-electron chi connectivity index (χ2n) is 1.14. The van der Waals surface area contributed by atoms with Crippen molar-refractivity contribution in [3.63, 3.8) is 0 Å². The highest BCUT2D eigenvalue weighted by molar-refractivity contribution is 4.29. The van der Waals surface area contributed by atoms with E-state index in [1.807, 2.05) is 0 Å². The van der Waals surface area contributed by atoms with Gasteiger partial charge < -0.3 is 5.73 Å². The van der Waals surface area contributed by atoms with Crippen LogP contribution in [0.2, 0.25) is 0 Å². The molecule has 0 aromatic carbocycles. The number of hydrogen-bond acceptors (Lipinski definition) is 1. The van der Waals surface area contributed by atoms with Gasteiger partial charge in [0.1, 0.15) is 0 Å². The molecule has 0 aromatic rings. The topological polar surface area (TPSA) is 26.0 Å². The smallest absolute Gasteiger partial charge is 0.330 e. The molecule has 0 spiro atoms. The van der Waals surface area contributed by atoms with E-state index in [9.17, 15) is 0 Å². The molecule has 0 fully saturated rings. The second-order valence-corrected chi connectivity index (χ2v) is 1.14. The molecule has 0 aliphatic rings. The quantitative estimate of drug-likeness (QED) is 0.520. The first-order valence-corrected chi connectivity index (χ1v) is 2.12. The van der Waals surface area contributed by atoms with Gasteiger partial charge in [-0.25, -0.2) is 0 Å². The Labute approximate surface area is 36.1 Å². The zero-order chi connectivity index (χ0) is 4.12. The van der Waals surface area contributed by atoms with E-state index in [0.29, 0.717) is 0 Å². The first-order valence-electron chi connectivity index (χ1n) is 2.12. The van der Waals surface area contributed by atoms with Gasteiger partial charge in [-0.05, 0) is 13.0 Å². The van der Waals surface area contributed by atoms with Crippen LogP contribution in [0.3, 0.4) is 0 Å². The lowest BCUT2D eigenvalue weighted by Crippen LogP contribution is -1.95. The van der Waals surface area contributed by atoms with Gasteiger partial charge in [-0.2, -0.15) is 0 Å². The third-order valence-corrected chi connectivity index (χ3v) is 0.558. The van der Waals surface area contributed by atoms with Gasteiger partial charge in [0, 0.05) is 0 Å². The SMILES string of the molecule is CCCCN.[H+].[H+]. The third kappa shape index (κ3) is 3.96. The summed E-state index contributed by atoms with van der Waals surface area (Å²) in [5.41, 5.74) is 5.14. The lowest BCUT2D eigenvalue weighted by atomic mass is 10.3. The van der Waals surface area contributed by atoms with Crippen molar-refractivity contribution in [1.29, 1.82) is 0 Å². The second kappa shape index (κ2) is 3.96. The fourth-order valence-corrected chi connectivity index (χ4v) is 0.204. The molecular formula is C4H13N+2. The van der Waals surface area contributed by atoms with Gasteiger partial charge in [0.25, 0.3) is 0 Å². The molecule has 0 aromatic heterocycles. The van der Waals surface area contributed by atoms with Gasteiger partial charge in [0.05, 0.1) is 0 Å². The molecule has 0 rings (SSSR count). The summed E-state index contributed by atoms with van der Waals surface area (Å²) in [6, 6.07) is 0. The van der Waals surface area contributed by atoms with Crippen molar-refractivity contribution < 1.29 is 2.85 Å². The van der Waals surface area contributed by atoms with E-state index in [1.165, 1.54) is 12.8 Å². The molecule has 0 unspecified atom stereocenters. The Kier molecular flexibility index (Phi) is 3.93. The van der Waals surface area contributed by atoms with E-state index >= 15 is 0 Å². The fraction of sp³-hybridized carbons (Fsp3) is 1.00. The normalized spacial score (nSPS) is 8.40. The van der Waals surface area contributed by atoms with E-state index in [-0.39, 0.29) is 2.85 Å². The van der Waals surface area contributed by atoms with Crippen molar-refractivity contribution >= 4 is 0 Å². The minimum atomic E-state index is 0. The Bertz CT molecular complexity index is 17.2. The van der Waals surface area contributed by atoms with Crippen molar-refractivity contribution in [2.75, 3.05) is 6.54 Å². The number of nitrogens with two attached hydrogens (primary N) is 1. The highest BCUT2D eigenvalue weighted by atomic mass is 14.5. The summed E-state index contributed by atoms with van der Waals surface area (Å²) in [5.74, 6) is 0. The molecule has 0 aliphatic carbocycles. The summed E-state index contributed by atoms with van der Waals surface area (Å²) in [7, 11) is 0. The Morgan fingerprint density at radius 1 is 1.80 bits per heavy atom. The minimum Gasteiger partial charge on any atom is -0.330 e. The van der Waals surface area contributed by atoms with E-state index in [1.54, 1.807) is 0 Å². The van der Waals surface area contributed by atoms with Gasteiger partial charge in [-0.3, -0.25) is 0 Å². The van der Waals surface area contributed by atoms with Crippen LogP contribution in [-0.4, -0.2) is 6.54 Å². The molecule has 0 saturated heterocycles. The minimum absolute atomic E-state index is 0. The summed E-state index contributed by atoms with van der Waals surface area (Å²) in [4.78, 5) is 0. The maximum Gasteiger partial charge on any atom is 1.00 e. The highest BCUT2D eigenvalue weighted by Gasteiger charge is 1.67. The zero-order valence-electron chi connectivity index (χ0n) is 5.70. The molecule has 1 heteroatoms. The van der Waals surface area contributed by atoms with Crippen LogP contribution in [0.4, 0.5) is 0 Å². The first kappa shape index (κ1) is 4.96. The largest absolute Gasteiger partial charge is 1.00 e. The number of hydrogen-bond donors (Lipinski definition) is 1. The summed E-state index contributed by atoms with van der Waals surface area (Å²) < 4.78 is 0. The summed E-state index contributed by atoms with van der Waals surface area (Å²) in [6.45, 7) is 2.98. The molecule has 0 atom stereocenters. The Morgan fingerprint density at radius 3 is 2.40 bits per heavy atom. The molecule has 0 radical (unpaired) electrons. The van der Waals surface area contributed by atoms with Crippen LogP contribution in [0.1, 0.15) is 22.6 Å². The highest BCUT2D eigenvalue weighted by Crippen LogP contribution is 1.77. The molecule has 32 valence electrons. The van der Waals surface area contributed by atoms with Gasteiger partial charge in [-0.1, -0.05) is 13.3 Å². The van der Waals surface area contributed by atoms with Crippen LogP contribution >= 0.6 is 0 Å². The van der Waals surface area contributed by atoms with Gasteiger partial charge in [0.2, 0.25) is 0 Å². The van der Waals surface area contributed by atoms with Crippen LogP contribution in [0, 0.1) is 0 Å². The molecule has 0 bridgehead atoms. The molecule has 0 heterocycles. The van der Waals surface area contributed by atoms with Crippen molar-refractivity contribution in [2.45, 2.75) is 19.8 Å². The zero-order valence-corrected chi connectivity index (χ0v) is 3.70. The summed E-state index contributed by atoms with van der Waals surface area (Å²) >= 11 is 0. The van der Waals surface area contributed by atoms with Crippen molar-refractivity contribution in [2.24, 2.45) is 5.73 Å². The van der Waals surface area contributed by atoms with Crippen molar-refractivity contribution in [3.05, 3.63) is 0 Å². The lowest BCUT2D eigenvalue weighted by molar-refractivity contribution is 0.807. The van der Waals surface area contributed by atoms with E-state index in [2.05, 4.69) is 6.92 Å². The van der Waals surface area contributed by atoms with E-state index in [0.717, 1.165) is 6.54 Å². The molecule has 0 saturated carbocycles. The van der Waals surface area contributed by atoms with Crippen LogP contribution in [0.5, 0.6) is 0 Å². The van der Waals surface area contributed by atoms with E-state index in [4.69, 9.17) is 5.73 Å². The molecule has 1 nitrogen and oxygen atoms in total. The lowest BCUT2D eigenvalue weighted by Gasteiger charge is -1.80. The predicted octanol–water partition coefficient (Wildman–Crippen LogP) is 0.970. The van der Waals surface area contributed by atoms with Gasteiger partial charge in [0.15, 0.2) is 0 Å². The standard InChI is InChI=1S/C4H11N/c1-2-3-4-5/h2-5H2,1H3/p+2. The predicted molar refractivity (Wildman–Crippen MR) is 26.2 cm³/mol. The molecular weight excluding hydrogens is 62.1 g/mol. The van der Waals surface area contributed by atoms with Crippen molar-refractivity contribution in [3.8, 4) is 0 Å².